The molecule has 0 radical (unpaired) electrons. The fourth-order valence-electron chi connectivity index (χ4n) is 10.7. The molecule has 63 heavy (non-hydrogen) atoms. The number of rotatable bonds is 8. The monoisotopic (exact) mass is 804 g/mol. The smallest absolute Gasteiger partial charge is 0.0714 e. The van der Waals surface area contributed by atoms with Crippen molar-refractivity contribution in [3.8, 4) is 22.3 Å². The Labute approximate surface area is 370 Å². The molecular weight excluding hydrogens is 761 g/mol. The first-order valence-electron chi connectivity index (χ1n) is 22.0. The fraction of sp³-hybridized carbons (Fsp3) is 0.0492. The molecule has 0 aromatic heterocycles. The van der Waals surface area contributed by atoms with Crippen LogP contribution in [0.1, 0.15) is 39.3 Å². The summed E-state index contributed by atoms with van der Waals surface area (Å²) in [5.74, 6) is 0.231. The average Bonchev–Trinajstić information content (AvgIpc) is 3.86. The van der Waals surface area contributed by atoms with E-state index in [1.165, 1.54) is 72.6 Å². The largest absolute Gasteiger partial charge is 0.333 e. The molecule has 1 aliphatic heterocycles. The van der Waals surface area contributed by atoms with Crippen molar-refractivity contribution in [2.45, 2.75) is 17.4 Å². The molecular formula is C61H44N2. The van der Waals surface area contributed by atoms with Gasteiger partial charge in [0.15, 0.2) is 0 Å². The molecule has 0 bridgehead atoms. The van der Waals surface area contributed by atoms with Crippen LogP contribution < -0.4 is 9.80 Å². The lowest BCUT2D eigenvalue weighted by Gasteiger charge is -2.35. The highest BCUT2D eigenvalue weighted by atomic mass is 15.2. The van der Waals surface area contributed by atoms with Gasteiger partial charge in [0.25, 0.3) is 0 Å². The predicted molar refractivity (Wildman–Crippen MR) is 263 cm³/mol. The topological polar surface area (TPSA) is 6.48 Å². The van der Waals surface area contributed by atoms with Gasteiger partial charge in [0.05, 0.1) is 11.5 Å². The van der Waals surface area contributed by atoms with Gasteiger partial charge in [0.1, 0.15) is 0 Å². The maximum absolute atomic E-state index is 2.50. The second-order valence-corrected chi connectivity index (χ2v) is 16.8. The number of anilines is 5. The number of hydrogen-bond acceptors (Lipinski definition) is 2. The standard InChI is InChI=1S/C61H44N2/c1-5-18-43(19-6-1)44-32-35-50(36-33-44)62(51-27-17-20-45(40-51)46-34-39-60-56(41-46)55-29-14-16-31-59(55)63(60)49-25-11-4-12-26-49)52-37-38-54-53-28-13-15-30-57(53)61(58(54)42-52,47-21-7-2-8-22-47)48-23-9-3-10-24-48/h1-42,56,60H. The summed E-state index contributed by atoms with van der Waals surface area (Å²) >= 11 is 0. The summed E-state index contributed by atoms with van der Waals surface area (Å²) in [4.78, 5) is 4.94. The molecule has 12 rings (SSSR count). The van der Waals surface area contributed by atoms with Gasteiger partial charge in [-0.05, 0) is 116 Å². The van der Waals surface area contributed by atoms with E-state index in [1.54, 1.807) is 0 Å². The van der Waals surface area contributed by atoms with E-state index >= 15 is 0 Å². The number of fused-ring (bicyclic) bond motifs is 6. The van der Waals surface area contributed by atoms with Crippen LogP contribution in [0, 0.1) is 0 Å². The number of hydrogen-bond donors (Lipinski definition) is 0. The third kappa shape index (κ3) is 6.02. The van der Waals surface area contributed by atoms with Crippen molar-refractivity contribution in [1.82, 2.24) is 0 Å². The zero-order valence-electron chi connectivity index (χ0n) is 34.8. The molecule has 0 spiro atoms. The lowest BCUT2D eigenvalue weighted by Crippen LogP contribution is -2.28. The molecule has 9 aromatic rings. The van der Waals surface area contributed by atoms with E-state index in [9.17, 15) is 0 Å². The molecule has 0 fully saturated rings. The Kier molecular flexibility index (Phi) is 8.90. The van der Waals surface area contributed by atoms with E-state index in [2.05, 4.69) is 265 Å². The quantitative estimate of drug-likeness (QED) is 0.151. The summed E-state index contributed by atoms with van der Waals surface area (Å²) in [6.45, 7) is 0. The Morgan fingerprint density at radius 3 is 1.73 bits per heavy atom. The number of allylic oxidation sites excluding steroid dienone is 2. The fourth-order valence-corrected chi connectivity index (χ4v) is 10.7. The third-order valence-electron chi connectivity index (χ3n) is 13.5. The van der Waals surface area contributed by atoms with Crippen LogP contribution >= 0.6 is 0 Å². The van der Waals surface area contributed by atoms with Crippen molar-refractivity contribution in [2.24, 2.45) is 0 Å². The first kappa shape index (κ1) is 36.9. The van der Waals surface area contributed by atoms with E-state index in [0.29, 0.717) is 0 Å². The van der Waals surface area contributed by atoms with Crippen LogP contribution in [0.25, 0.3) is 27.8 Å². The van der Waals surface area contributed by atoms with Gasteiger partial charge in [0, 0.05) is 34.4 Å². The van der Waals surface area contributed by atoms with Crippen LogP contribution in [0.3, 0.4) is 0 Å². The Morgan fingerprint density at radius 1 is 0.413 bits per heavy atom. The average molecular weight is 805 g/mol. The summed E-state index contributed by atoms with van der Waals surface area (Å²) in [7, 11) is 0. The summed E-state index contributed by atoms with van der Waals surface area (Å²) < 4.78 is 0. The van der Waals surface area contributed by atoms with Crippen LogP contribution in [0.4, 0.5) is 28.4 Å². The summed E-state index contributed by atoms with van der Waals surface area (Å²) in [6.07, 6.45) is 7.23. The molecule has 3 aliphatic rings. The molecule has 298 valence electrons. The maximum Gasteiger partial charge on any atom is 0.0714 e. The Hall–Kier alpha value is -7.94. The van der Waals surface area contributed by atoms with Crippen molar-refractivity contribution in [1.29, 1.82) is 0 Å². The van der Waals surface area contributed by atoms with Crippen molar-refractivity contribution < 1.29 is 0 Å². The van der Waals surface area contributed by atoms with E-state index in [-0.39, 0.29) is 12.0 Å². The Morgan fingerprint density at radius 2 is 0.984 bits per heavy atom. The highest BCUT2D eigenvalue weighted by molar-refractivity contribution is 5.91. The van der Waals surface area contributed by atoms with Gasteiger partial charge in [0.2, 0.25) is 0 Å². The van der Waals surface area contributed by atoms with Crippen molar-refractivity contribution in [2.75, 3.05) is 9.80 Å². The van der Waals surface area contributed by atoms with Crippen molar-refractivity contribution >= 4 is 34.0 Å². The summed E-state index contributed by atoms with van der Waals surface area (Å²) in [6, 6.07) is 87.0. The maximum atomic E-state index is 2.50. The van der Waals surface area contributed by atoms with Crippen LogP contribution in [-0.4, -0.2) is 6.04 Å². The Balaban J connectivity index is 1.01. The van der Waals surface area contributed by atoms with Gasteiger partial charge in [-0.15, -0.1) is 0 Å². The second-order valence-electron chi connectivity index (χ2n) is 16.8. The second kappa shape index (κ2) is 15.2. The van der Waals surface area contributed by atoms with Gasteiger partial charge in [-0.1, -0.05) is 200 Å². The lowest BCUT2D eigenvalue weighted by atomic mass is 9.67. The van der Waals surface area contributed by atoms with Gasteiger partial charge in [-0.2, -0.15) is 0 Å². The van der Waals surface area contributed by atoms with Crippen molar-refractivity contribution in [3.63, 3.8) is 0 Å². The molecule has 0 saturated carbocycles. The number of benzene rings is 9. The minimum absolute atomic E-state index is 0.210. The number of para-hydroxylation sites is 2. The zero-order valence-corrected chi connectivity index (χ0v) is 34.8. The van der Waals surface area contributed by atoms with Crippen LogP contribution in [0.5, 0.6) is 0 Å². The van der Waals surface area contributed by atoms with E-state index in [4.69, 9.17) is 0 Å². The highest BCUT2D eigenvalue weighted by Crippen LogP contribution is 2.57. The normalized spacial score (nSPS) is 16.4. The molecule has 2 nitrogen and oxygen atoms in total. The minimum atomic E-state index is -0.505. The molecule has 2 unspecified atom stereocenters. The number of nitrogens with zero attached hydrogens (tertiary/aromatic N) is 2. The van der Waals surface area contributed by atoms with Gasteiger partial charge >= 0.3 is 0 Å². The molecule has 2 atom stereocenters. The molecule has 1 heterocycles. The molecule has 0 amide bonds. The van der Waals surface area contributed by atoms with Crippen LogP contribution in [-0.2, 0) is 5.41 Å². The minimum Gasteiger partial charge on any atom is -0.333 e. The Bertz CT molecular complexity index is 3130. The molecule has 9 aromatic carbocycles. The van der Waals surface area contributed by atoms with Crippen molar-refractivity contribution in [3.05, 3.63) is 288 Å². The lowest BCUT2D eigenvalue weighted by molar-refractivity contribution is 0.747. The highest BCUT2D eigenvalue weighted by Gasteiger charge is 2.46. The van der Waals surface area contributed by atoms with E-state index < -0.39 is 5.41 Å². The third-order valence-corrected chi connectivity index (χ3v) is 13.5. The summed E-state index contributed by atoms with van der Waals surface area (Å²) in [5.41, 5.74) is 19.2. The van der Waals surface area contributed by atoms with Gasteiger partial charge in [-0.25, -0.2) is 0 Å². The SMILES string of the molecule is C1=CC2C(C=C1c1cccc(N(c3ccc(-c4ccccc4)cc3)c3ccc4c(c3)C(c3ccccc3)(c3ccccc3)c3ccccc3-4)c1)c1ccccc1N2c1ccccc1. The summed E-state index contributed by atoms with van der Waals surface area (Å²) in [5, 5.41) is 0. The molecule has 0 saturated heterocycles. The van der Waals surface area contributed by atoms with E-state index in [0.717, 1.165) is 17.1 Å². The predicted octanol–water partition coefficient (Wildman–Crippen LogP) is 15.4. The first-order chi connectivity index (χ1) is 31.3. The molecule has 2 heteroatoms. The van der Waals surface area contributed by atoms with E-state index in [1.807, 2.05) is 0 Å². The first-order valence-corrected chi connectivity index (χ1v) is 22.0. The van der Waals surface area contributed by atoms with Crippen LogP contribution in [0.15, 0.2) is 255 Å². The van der Waals surface area contributed by atoms with Gasteiger partial charge in [-0.3, -0.25) is 0 Å². The van der Waals surface area contributed by atoms with Crippen LogP contribution in [0.2, 0.25) is 0 Å². The molecule has 2 aliphatic carbocycles. The van der Waals surface area contributed by atoms with Gasteiger partial charge < -0.3 is 9.80 Å². The zero-order chi connectivity index (χ0) is 41.7. The molecule has 0 N–H and O–H groups in total.